The van der Waals surface area contributed by atoms with Gasteiger partial charge in [-0.25, -0.2) is 4.79 Å². The fourth-order valence-corrected chi connectivity index (χ4v) is 8.94. The van der Waals surface area contributed by atoms with Crippen molar-refractivity contribution in [2.75, 3.05) is 32.7 Å². The quantitative estimate of drug-likeness (QED) is 0.0617. The number of aromatic amines is 1. The van der Waals surface area contributed by atoms with Gasteiger partial charge in [-0.3, -0.25) is 33.3 Å². The van der Waals surface area contributed by atoms with Crippen molar-refractivity contribution in [3.8, 4) is 0 Å². The molecule has 11 N–H and O–H groups in total. The zero-order valence-electron chi connectivity index (χ0n) is 32.8. The molecule has 0 fully saturated rings. The van der Waals surface area contributed by atoms with Crippen molar-refractivity contribution >= 4 is 101 Å². The molecule has 7 aromatic rings. The predicted octanol–water partition coefficient (Wildman–Crippen LogP) is 5.35. The summed E-state index contributed by atoms with van der Waals surface area (Å²) in [4.78, 5) is 76.4. The van der Waals surface area contributed by atoms with Gasteiger partial charge in [0, 0.05) is 45.0 Å². The summed E-state index contributed by atoms with van der Waals surface area (Å²) in [6, 6.07) is 26.2. The van der Waals surface area contributed by atoms with E-state index >= 15 is 0 Å². The smallest absolute Gasteiger partial charge is 0.373 e. The van der Waals surface area contributed by atoms with Gasteiger partial charge in [-0.05, 0) is 48.5 Å². The van der Waals surface area contributed by atoms with Gasteiger partial charge in [-0.1, -0.05) is 60.7 Å². The van der Waals surface area contributed by atoms with E-state index in [1.54, 1.807) is 48.5 Å². The van der Waals surface area contributed by atoms with Crippen LogP contribution in [0.15, 0.2) is 124 Å². The number of H-pyrrole nitrogens is 1. The zero-order chi connectivity index (χ0) is 46.1. The molecule has 20 nitrogen and oxygen atoms in total. The standard InChI is InChI=1S/C43H29N9O11S2/c44-35-29(64(58,59)60)17-27(31-33(35)39(55)25-13-3-1-11-23(25)37(31)53)46-19-7-5-9-21(15-19)48-41-50-42(52-43(57)51-41)49-22-10-6-8-20(16-22)47-28-18-30(65(61,62)63)36(45)34-32(28)38(54)24-12-2-4-14-26(24)40(34)56/h1-18,46-47H,44-45H2,(H,58,59,60)(H,61,62,63)(H3,48,49,50,51,52,57). The van der Waals surface area contributed by atoms with Gasteiger partial charge in [-0.2, -0.15) is 26.8 Å². The molecule has 1 aromatic heterocycles. The Morgan fingerprint density at radius 2 is 0.769 bits per heavy atom. The Morgan fingerprint density at radius 1 is 0.446 bits per heavy atom. The average Bonchev–Trinajstić information content (AvgIpc) is 3.25. The Labute approximate surface area is 366 Å². The molecule has 0 spiro atoms. The van der Waals surface area contributed by atoms with Crippen LogP contribution >= 0.6 is 0 Å². The van der Waals surface area contributed by atoms with Crippen molar-refractivity contribution in [3.05, 3.63) is 164 Å². The summed E-state index contributed by atoms with van der Waals surface area (Å²) in [7, 11) is -9.95. The van der Waals surface area contributed by atoms with E-state index in [0.29, 0.717) is 11.4 Å². The first kappa shape index (κ1) is 41.8. The third kappa shape index (κ3) is 7.48. The maximum atomic E-state index is 13.8. The number of anilines is 10. The molecule has 0 saturated heterocycles. The molecule has 9 rings (SSSR count). The number of benzene rings is 6. The molecule has 22 heteroatoms. The summed E-state index contributed by atoms with van der Waals surface area (Å²) < 4.78 is 69.6. The first-order chi connectivity index (χ1) is 30.9. The highest BCUT2D eigenvalue weighted by molar-refractivity contribution is 7.86. The van der Waals surface area contributed by atoms with Gasteiger partial charge in [-0.15, -0.1) is 0 Å². The normalized spacial score (nSPS) is 13.0. The van der Waals surface area contributed by atoms with E-state index < -0.39 is 81.4 Å². The van der Waals surface area contributed by atoms with Crippen LogP contribution in [0.2, 0.25) is 0 Å². The van der Waals surface area contributed by atoms with E-state index in [1.165, 1.54) is 48.5 Å². The number of hydrogen-bond donors (Lipinski definition) is 9. The van der Waals surface area contributed by atoms with Gasteiger partial charge in [0.15, 0.2) is 23.1 Å². The van der Waals surface area contributed by atoms with Crippen LogP contribution in [-0.4, -0.2) is 64.0 Å². The van der Waals surface area contributed by atoms with E-state index in [1.807, 2.05) is 0 Å². The van der Waals surface area contributed by atoms with Gasteiger partial charge in [0.05, 0.1) is 45.0 Å². The Hall–Kier alpha value is -8.57. The van der Waals surface area contributed by atoms with Crippen molar-refractivity contribution in [1.29, 1.82) is 0 Å². The summed E-state index contributed by atoms with van der Waals surface area (Å²) in [5, 5.41) is 11.7. The van der Waals surface area contributed by atoms with Crippen LogP contribution in [0.25, 0.3) is 0 Å². The fraction of sp³-hybridized carbons (Fsp3) is 0. The summed E-state index contributed by atoms with van der Waals surface area (Å²) in [5.74, 6) is -2.88. The molecule has 1 heterocycles. The highest BCUT2D eigenvalue weighted by Crippen LogP contribution is 2.42. The second kappa shape index (κ2) is 15.4. The van der Waals surface area contributed by atoms with Crippen molar-refractivity contribution in [2.45, 2.75) is 9.79 Å². The Balaban J connectivity index is 0.992. The third-order valence-electron chi connectivity index (χ3n) is 10.4. The Bertz CT molecular complexity index is 3370. The number of aromatic nitrogens is 3. The van der Waals surface area contributed by atoms with Gasteiger partial charge in [0.25, 0.3) is 20.2 Å². The van der Waals surface area contributed by atoms with Crippen LogP contribution in [-0.2, 0) is 20.2 Å². The monoisotopic (exact) mass is 911 g/mol. The molecule has 2 aliphatic carbocycles. The van der Waals surface area contributed by atoms with Crippen LogP contribution in [0.3, 0.4) is 0 Å². The number of nitrogens with one attached hydrogen (secondary N) is 5. The lowest BCUT2D eigenvalue weighted by molar-refractivity contribution is 0.0980. The minimum absolute atomic E-state index is 0.00913. The number of carbonyl (C=O) groups is 4. The summed E-state index contributed by atoms with van der Waals surface area (Å²) in [6.45, 7) is 0. The molecule has 6 aromatic carbocycles. The van der Waals surface area contributed by atoms with E-state index in [4.69, 9.17) is 11.5 Å². The number of nitrogens with zero attached hydrogens (tertiary/aromatic N) is 2. The first-order valence-electron chi connectivity index (χ1n) is 18.9. The fourth-order valence-electron chi connectivity index (χ4n) is 7.65. The number of hydrogen-bond acceptors (Lipinski definition) is 17. The zero-order valence-corrected chi connectivity index (χ0v) is 34.5. The van der Waals surface area contributed by atoms with E-state index in [2.05, 4.69) is 36.2 Å². The van der Waals surface area contributed by atoms with Crippen molar-refractivity contribution < 1.29 is 45.1 Å². The highest BCUT2D eigenvalue weighted by Gasteiger charge is 2.38. The molecule has 0 unspecified atom stereocenters. The topological polar surface area (TPSA) is 336 Å². The highest BCUT2D eigenvalue weighted by atomic mass is 32.2. The number of carbonyl (C=O) groups excluding carboxylic acids is 4. The lowest BCUT2D eigenvalue weighted by atomic mass is 9.82. The molecule has 0 aliphatic heterocycles. The predicted molar refractivity (Wildman–Crippen MR) is 237 cm³/mol. The van der Waals surface area contributed by atoms with Crippen LogP contribution < -0.4 is 38.4 Å². The number of ketones is 4. The van der Waals surface area contributed by atoms with Crippen molar-refractivity contribution in [2.24, 2.45) is 0 Å². The number of rotatable bonds is 10. The lowest BCUT2D eigenvalue weighted by Gasteiger charge is -2.23. The molecular formula is C43H29N9O11S2. The van der Waals surface area contributed by atoms with Crippen LogP contribution in [0.1, 0.15) is 63.7 Å². The second-order valence-electron chi connectivity index (χ2n) is 14.5. The number of nitrogen functional groups attached to an aromatic ring is 2. The largest absolute Gasteiger partial charge is 0.397 e. The van der Waals surface area contributed by atoms with Crippen LogP contribution in [0, 0.1) is 0 Å². The Morgan fingerprint density at radius 3 is 1.11 bits per heavy atom. The maximum absolute atomic E-state index is 13.8. The molecular weight excluding hydrogens is 883 g/mol. The minimum Gasteiger partial charge on any atom is -0.397 e. The van der Waals surface area contributed by atoms with Gasteiger partial charge >= 0.3 is 5.69 Å². The summed E-state index contributed by atoms with van der Waals surface area (Å²) >= 11 is 0. The summed E-state index contributed by atoms with van der Waals surface area (Å²) in [5.41, 5.74) is 9.85. The van der Waals surface area contributed by atoms with Gasteiger partial charge < -0.3 is 32.7 Å². The molecule has 0 saturated carbocycles. The van der Waals surface area contributed by atoms with Crippen molar-refractivity contribution in [1.82, 2.24) is 15.0 Å². The second-order valence-corrected chi connectivity index (χ2v) is 17.3. The van der Waals surface area contributed by atoms with Gasteiger partial charge in [0.2, 0.25) is 11.9 Å². The molecule has 65 heavy (non-hydrogen) atoms. The molecule has 0 bridgehead atoms. The van der Waals surface area contributed by atoms with E-state index in [0.717, 1.165) is 12.1 Å². The van der Waals surface area contributed by atoms with Crippen LogP contribution in [0.5, 0.6) is 0 Å². The molecule has 0 amide bonds. The van der Waals surface area contributed by atoms with E-state index in [-0.39, 0.29) is 68.0 Å². The summed E-state index contributed by atoms with van der Waals surface area (Å²) in [6.07, 6.45) is 0. The molecule has 0 radical (unpaired) electrons. The number of nitrogens with two attached hydrogens (primary N) is 2. The molecule has 0 atom stereocenters. The van der Waals surface area contributed by atoms with E-state index in [9.17, 15) is 49.9 Å². The van der Waals surface area contributed by atoms with Gasteiger partial charge in [0.1, 0.15) is 9.79 Å². The third-order valence-corrected chi connectivity index (χ3v) is 12.2. The minimum atomic E-state index is -4.97. The number of fused-ring (bicyclic) bond motifs is 4. The lowest BCUT2D eigenvalue weighted by Crippen LogP contribution is -2.25. The van der Waals surface area contributed by atoms with Crippen molar-refractivity contribution in [3.63, 3.8) is 0 Å². The average molecular weight is 912 g/mol. The molecule has 2 aliphatic rings. The molecule has 324 valence electrons. The van der Waals surface area contributed by atoms with Crippen LogP contribution in [0.4, 0.5) is 57.4 Å². The maximum Gasteiger partial charge on any atom is 0.373 e. The SMILES string of the molecule is Nc1c(S(=O)(=O)O)cc(Nc2cccc(Nc3nc(=O)nc(Nc4cccc(Nc5cc(S(=O)(=O)O)c(N)c6c5C(=O)c5ccccc5C6=O)c4)[nH]3)c2)c2c1C(=O)c1ccccc1C2=O. The first-order valence-corrected chi connectivity index (χ1v) is 21.8. The Kier molecular flexibility index (Phi) is 9.86.